The second-order valence-corrected chi connectivity index (χ2v) is 9.46. The van der Waals surface area contributed by atoms with Gasteiger partial charge in [-0.05, 0) is 48.0 Å². The molecule has 1 aromatic heterocycles. The highest BCUT2D eigenvalue weighted by Crippen LogP contribution is 2.33. The Morgan fingerprint density at radius 2 is 1.74 bits per heavy atom. The van der Waals surface area contributed by atoms with Crippen molar-refractivity contribution < 1.29 is 17.6 Å². The molecule has 0 saturated heterocycles. The van der Waals surface area contributed by atoms with Crippen molar-refractivity contribution in [3.05, 3.63) is 88.9 Å². The maximum Gasteiger partial charge on any atom is 0.234 e. The van der Waals surface area contributed by atoms with Crippen LogP contribution in [-0.2, 0) is 16.4 Å². The van der Waals surface area contributed by atoms with E-state index in [1.165, 1.54) is 19.2 Å². The number of anilines is 1. The molecule has 0 fully saturated rings. The number of nitrogens with zero attached hydrogens (tertiary/aromatic N) is 1. The lowest BCUT2D eigenvalue weighted by Gasteiger charge is -2.07. The molecule has 0 saturated carbocycles. The number of hydrogen-bond donors (Lipinski definition) is 1. The van der Waals surface area contributed by atoms with Crippen LogP contribution in [0.2, 0.25) is 0 Å². The van der Waals surface area contributed by atoms with Gasteiger partial charge in [0.1, 0.15) is 5.75 Å². The molecule has 8 heteroatoms. The van der Waals surface area contributed by atoms with Crippen LogP contribution >= 0.6 is 15.9 Å². The molecule has 0 bridgehead atoms. The Balaban J connectivity index is 1.76. The first kappa shape index (κ1) is 21.1. The van der Waals surface area contributed by atoms with Gasteiger partial charge in [0.25, 0.3) is 0 Å². The van der Waals surface area contributed by atoms with Gasteiger partial charge in [0.2, 0.25) is 26.6 Å². The summed E-state index contributed by atoms with van der Waals surface area (Å²) in [6.45, 7) is 0.388. The van der Waals surface area contributed by atoms with E-state index >= 15 is 0 Å². The summed E-state index contributed by atoms with van der Waals surface area (Å²) < 4.78 is 38.6. The zero-order valence-corrected chi connectivity index (χ0v) is 19.0. The minimum absolute atomic E-state index is 0.0923. The van der Waals surface area contributed by atoms with E-state index in [0.29, 0.717) is 17.9 Å². The van der Waals surface area contributed by atoms with Gasteiger partial charge in [0, 0.05) is 16.6 Å². The van der Waals surface area contributed by atoms with Crippen LogP contribution in [0.1, 0.15) is 5.56 Å². The second-order valence-electron chi connectivity index (χ2n) is 6.68. The number of halogens is 1. The third-order valence-electron chi connectivity index (χ3n) is 4.59. The number of oxazole rings is 1. The quantitative estimate of drug-likeness (QED) is 0.359. The normalized spacial score (nSPS) is 11.3. The largest absolute Gasteiger partial charge is 0.497 e. The Morgan fingerprint density at radius 3 is 2.42 bits per heavy atom. The van der Waals surface area contributed by atoms with Crippen molar-refractivity contribution >= 4 is 31.7 Å². The molecule has 158 valence electrons. The van der Waals surface area contributed by atoms with Gasteiger partial charge >= 0.3 is 0 Å². The molecule has 31 heavy (non-hydrogen) atoms. The molecule has 1 heterocycles. The predicted octanol–water partition coefficient (Wildman–Crippen LogP) is 5.56. The van der Waals surface area contributed by atoms with Crippen molar-refractivity contribution in [3.8, 4) is 17.2 Å². The molecular weight excluding hydrogens is 480 g/mol. The monoisotopic (exact) mass is 498 g/mol. The van der Waals surface area contributed by atoms with Crippen molar-refractivity contribution in [3.63, 3.8) is 0 Å². The Labute approximate surface area is 189 Å². The predicted molar refractivity (Wildman–Crippen MR) is 122 cm³/mol. The van der Waals surface area contributed by atoms with Gasteiger partial charge in [-0.25, -0.2) is 8.42 Å². The van der Waals surface area contributed by atoms with Gasteiger partial charge in [0.15, 0.2) is 0 Å². The Bertz CT molecular complexity index is 1290. The number of benzene rings is 3. The fourth-order valence-electron chi connectivity index (χ4n) is 2.99. The summed E-state index contributed by atoms with van der Waals surface area (Å²) in [5, 5.41) is 2.92. The summed E-state index contributed by atoms with van der Waals surface area (Å²) in [6.07, 6.45) is 0. The van der Waals surface area contributed by atoms with Gasteiger partial charge < -0.3 is 14.5 Å². The van der Waals surface area contributed by atoms with E-state index in [1.807, 2.05) is 48.5 Å². The summed E-state index contributed by atoms with van der Waals surface area (Å²) in [5.74, 6) is 0.870. The van der Waals surface area contributed by atoms with Gasteiger partial charge in [0.05, 0.1) is 12.0 Å². The first-order valence-electron chi connectivity index (χ1n) is 9.41. The lowest BCUT2D eigenvalue weighted by molar-refractivity contribution is 0.414. The SMILES string of the molecule is COc1ccc(S(=O)(=O)c2nc(-c3cccc(Br)c3)oc2NCc2ccccc2)cc1. The molecule has 0 aliphatic rings. The van der Waals surface area contributed by atoms with E-state index in [0.717, 1.165) is 10.0 Å². The molecule has 1 N–H and O–H groups in total. The van der Waals surface area contributed by atoms with Crippen LogP contribution in [-0.4, -0.2) is 20.5 Å². The highest BCUT2D eigenvalue weighted by atomic mass is 79.9. The Morgan fingerprint density at radius 1 is 1.00 bits per heavy atom. The van der Waals surface area contributed by atoms with Crippen LogP contribution in [0.5, 0.6) is 5.75 Å². The molecule has 0 unspecified atom stereocenters. The molecule has 0 aliphatic carbocycles. The summed E-state index contributed by atoms with van der Waals surface area (Å²) in [7, 11) is -2.41. The average molecular weight is 499 g/mol. The van der Waals surface area contributed by atoms with E-state index in [4.69, 9.17) is 9.15 Å². The first-order chi connectivity index (χ1) is 15.0. The minimum Gasteiger partial charge on any atom is -0.497 e. The van der Waals surface area contributed by atoms with E-state index in [1.54, 1.807) is 18.2 Å². The molecule has 0 radical (unpaired) electrons. The van der Waals surface area contributed by atoms with E-state index in [-0.39, 0.29) is 21.7 Å². The molecule has 4 aromatic rings. The zero-order chi connectivity index (χ0) is 21.8. The van der Waals surface area contributed by atoms with Crippen molar-refractivity contribution in [2.75, 3.05) is 12.4 Å². The number of rotatable bonds is 7. The number of hydrogen-bond acceptors (Lipinski definition) is 6. The highest BCUT2D eigenvalue weighted by molar-refractivity contribution is 9.10. The van der Waals surface area contributed by atoms with Crippen LogP contribution in [0.4, 0.5) is 5.88 Å². The number of aromatic nitrogens is 1. The van der Waals surface area contributed by atoms with Crippen LogP contribution in [0.3, 0.4) is 0 Å². The molecule has 0 amide bonds. The summed E-state index contributed by atoms with van der Waals surface area (Å²) in [6, 6.07) is 23.1. The maximum absolute atomic E-state index is 13.4. The molecule has 3 aromatic carbocycles. The standard InChI is InChI=1S/C23H19BrN2O4S/c1-29-19-10-12-20(13-11-19)31(27,28)23-22(25-15-16-6-3-2-4-7-16)30-21(26-23)17-8-5-9-18(24)14-17/h2-14,25H,15H2,1H3. The molecular formula is C23H19BrN2O4S. The van der Waals surface area contributed by atoms with Crippen molar-refractivity contribution in [2.45, 2.75) is 16.5 Å². The third-order valence-corrected chi connectivity index (χ3v) is 6.76. The van der Waals surface area contributed by atoms with Gasteiger partial charge in [-0.2, -0.15) is 4.98 Å². The molecule has 0 aliphatic heterocycles. The average Bonchev–Trinajstić information content (AvgIpc) is 3.24. The molecule has 0 atom stereocenters. The summed E-state index contributed by atoms with van der Waals surface area (Å²) in [4.78, 5) is 4.46. The fourth-order valence-corrected chi connectivity index (χ4v) is 4.67. The Hall–Kier alpha value is -3.10. The number of ether oxygens (including phenoxy) is 1. The van der Waals surface area contributed by atoms with Gasteiger partial charge in [-0.3, -0.25) is 0 Å². The summed E-state index contributed by atoms with van der Waals surface area (Å²) >= 11 is 3.42. The van der Waals surface area contributed by atoms with Gasteiger partial charge in [-0.1, -0.05) is 52.3 Å². The smallest absolute Gasteiger partial charge is 0.234 e. The van der Waals surface area contributed by atoms with Crippen LogP contribution < -0.4 is 10.1 Å². The maximum atomic E-state index is 13.4. The van der Waals surface area contributed by atoms with E-state index in [9.17, 15) is 8.42 Å². The minimum atomic E-state index is -3.93. The van der Waals surface area contributed by atoms with Crippen molar-refractivity contribution in [1.29, 1.82) is 0 Å². The van der Waals surface area contributed by atoms with E-state index in [2.05, 4.69) is 26.2 Å². The zero-order valence-electron chi connectivity index (χ0n) is 16.6. The highest BCUT2D eigenvalue weighted by Gasteiger charge is 2.28. The lowest BCUT2D eigenvalue weighted by atomic mass is 10.2. The number of sulfone groups is 1. The van der Waals surface area contributed by atoms with E-state index < -0.39 is 9.84 Å². The van der Waals surface area contributed by atoms with Crippen molar-refractivity contribution in [2.24, 2.45) is 0 Å². The van der Waals surface area contributed by atoms with Crippen LogP contribution in [0.15, 0.2) is 97.7 Å². The Kier molecular flexibility index (Phi) is 6.11. The molecule has 4 rings (SSSR count). The fraction of sp³-hybridized carbons (Fsp3) is 0.0870. The van der Waals surface area contributed by atoms with Crippen LogP contribution in [0.25, 0.3) is 11.5 Å². The van der Waals surface area contributed by atoms with Gasteiger partial charge in [-0.15, -0.1) is 0 Å². The third kappa shape index (κ3) is 4.65. The number of methoxy groups -OCH3 is 1. The summed E-state index contributed by atoms with van der Waals surface area (Å²) in [5.41, 5.74) is 1.64. The lowest BCUT2D eigenvalue weighted by Crippen LogP contribution is -2.07. The molecule has 0 spiro atoms. The second kappa shape index (κ2) is 8.95. The van der Waals surface area contributed by atoms with Crippen LogP contribution in [0, 0.1) is 0 Å². The number of nitrogens with one attached hydrogen (secondary N) is 1. The first-order valence-corrected chi connectivity index (χ1v) is 11.7. The topological polar surface area (TPSA) is 81.4 Å². The molecule has 6 nitrogen and oxygen atoms in total. The van der Waals surface area contributed by atoms with Crippen molar-refractivity contribution in [1.82, 2.24) is 4.98 Å².